The normalized spacial score (nSPS) is 13.9. The van der Waals surface area contributed by atoms with E-state index in [0.29, 0.717) is 51.4 Å². The summed E-state index contributed by atoms with van der Waals surface area (Å²) in [6, 6.07) is 9.36. The van der Waals surface area contributed by atoms with Crippen LogP contribution in [0.1, 0.15) is 31.1 Å². The second-order valence-corrected chi connectivity index (χ2v) is 9.80. The molecule has 39 heavy (non-hydrogen) atoms. The van der Waals surface area contributed by atoms with Crippen LogP contribution in [0, 0.1) is 11.9 Å². The Morgan fingerprint density at radius 1 is 1.21 bits per heavy atom. The lowest BCUT2D eigenvalue weighted by Crippen LogP contribution is -2.26. The standard InChI is InChI=1S/C26H23ClFN9O2/c1-39-22-12-36(24(38)10-18(22)17-9-15(27)4-6-20(17)37-13-31-34-35-37)21(8-14-2-3-14)26-30-11-19(32-26)16-5-7-23(29)33-25(16)28/h4-7,9-14,21H,2-3,8H2,1H3,(H2,29,33)(H,30,32)/t21-/m1/s1. The van der Waals surface area contributed by atoms with E-state index < -0.39 is 12.0 Å². The molecule has 5 aromatic rings. The van der Waals surface area contributed by atoms with Crippen LogP contribution in [0.25, 0.3) is 28.1 Å². The van der Waals surface area contributed by atoms with Crippen molar-refractivity contribution in [3.05, 3.63) is 82.3 Å². The molecular weight excluding hydrogens is 525 g/mol. The van der Waals surface area contributed by atoms with E-state index in [1.54, 1.807) is 35.0 Å². The third-order valence-electron chi connectivity index (χ3n) is 6.77. The number of pyridine rings is 2. The molecule has 0 spiro atoms. The van der Waals surface area contributed by atoms with Crippen LogP contribution in [0.15, 0.2) is 59.9 Å². The number of rotatable bonds is 8. The molecule has 1 aliphatic rings. The maximum Gasteiger partial charge on any atom is 0.252 e. The number of methoxy groups -OCH3 is 1. The zero-order chi connectivity index (χ0) is 27.1. The van der Waals surface area contributed by atoms with Gasteiger partial charge in [-0.3, -0.25) is 4.79 Å². The summed E-state index contributed by atoms with van der Waals surface area (Å²) in [6.45, 7) is 0. The van der Waals surface area contributed by atoms with E-state index in [0.717, 1.165) is 12.8 Å². The molecule has 4 heterocycles. The van der Waals surface area contributed by atoms with Gasteiger partial charge in [-0.05, 0) is 53.1 Å². The highest BCUT2D eigenvalue weighted by Gasteiger charge is 2.30. The van der Waals surface area contributed by atoms with Crippen LogP contribution >= 0.6 is 11.6 Å². The van der Waals surface area contributed by atoms with Crippen molar-refractivity contribution in [2.75, 3.05) is 12.8 Å². The number of anilines is 1. The third-order valence-corrected chi connectivity index (χ3v) is 7.00. The quantitative estimate of drug-likeness (QED) is 0.277. The first-order chi connectivity index (χ1) is 18.9. The average molecular weight is 548 g/mol. The molecule has 1 atom stereocenters. The van der Waals surface area contributed by atoms with Gasteiger partial charge in [-0.2, -0.15) is 9.07 Å². The molecule has 0 radical (unpaired) electrons. The lowest BCUT2D eigenvalue weighted by atomic mass is 10.0. The first-order valence-electron chi connectivity index (χ1n) is 12.2. The van der Waals surface area contributed by atoms with Crippen LogP contribution in [-0.2, 0) is 0 Å². The molecule has 13 heteroatoms. The molecule has 1 saturated carbocycles. The van der Waals surface area contributed by atoms with E-state index in [2.05, 4.69) is 30.5 Å². The zero-order valence-corrected chi connectivity index (χ0v) is 21.5. The Bertz CT molecular complexity index is 1710. The summed E-state index contributed by atoms with van der Waals surface area (Å²) >= 11 is 6.33. The Hall–Kier alpha value is -4.58. The van der Waals surface area contributed by atoms with Crippen LogP contribution in [0.2, 0.25) is 5.02 Å². The van der Waals surface area contributed by atoms with Gasteiger partial charge in [0.05, 0.1) is 42.5 Å². The van der Waals surface area contributed by atoms with Gasteiger partial charge < -0.3 is 20.0 Å². The van der Waals surface area contributed by atoms with Crippen LogP contribution in [0.4, 0.5) is 10.2 Å². The second-order valence-electron chi connectivity index (χ2n) is 9.37. The number of ether oxygens (including phenoxy) is 1. The minimum Gasteiger partial charge on any atom is -0.495 e. The summed E-state index contributed by atoms with van der Waals surface area (Å²) < 4.78 is 23.3. The largest absolute Gasteiger partial charge is 0.495 e. The minimum atomic E-state index is -0.702. The predicted molar refractivity (Wildman–Crippen MR) is 142 cm³/mol. The van der Waals surface area contributed by atoms with E-state index in [4.69, 9.17) is 22.1 Å². The van der Waals surface area contributed by atoms with E-state index in [-0.39, 0.29) is 16.9 Å². The van der Waals surface area contributed by atoms with Crippen molar-refractivity contribution < 1.29 is 9.13 Å². The third kappa shape index (κ3) is 4.86. The van der Waals surface area contributed by atoms with E-state index in [9.17, 15) is 9.18 Å². The highest BCUT2D eigenvalue weighted by atomic mass is 35.5. The Morgan fingerprint density at radius 3 is 2.77 bits per heavy atom. The molecule has 11 nitrogen and oxygen atoms in total. The van der Waals surface area contributed by atoms with Crippen LogP contribution in [0.5, 0.6) is 5.75 Å². The lowest BCUT2D eigenvalue weighted by molar-refractivity contribution is 0.400. The Morgan fingerprint density at radius 2 is 2.05 bits per heavy atom. The van der Waals surface area contributed by atoms with Crippen molar-refractivity contribution in [2.45, 2.75) is 25.3 Å². The Balaban J connectivity index is 1.44. The number of H-pyrrole nitrogens is 1. The average Bonchev–Trinajstić information content (AvgIpc) is 3.35. The van der Waals surface area contributed by atoms with Gasteiger partial charge in [0.1, 0.15) is 23.7 Å². The number of nitrogens with one attached hydrogen (secondary N) is 1. The van der Waals surface area contributed by atoms with Crippen molar-refractivity contribution in [2.24, 2.45) is 5.92 Å². The molecule has 0 aliphatic heterocycles. The molecule has 6 rings (SSSR count). The maximum atomic E-state index is 14.5. The maximum absolute atomic E-state index is 14.5. The number of halogens is 2. The molecule has 0 unspecified atom stereocenters. The monoisotopic (exact) mass is 547 g/mol. The van der Waals surface area contributed by atoms with Gasteiger partial charge >= 0.3 is 0 Å². The number of hydrogen-bond donors (Lipinski definition) is 2. The highest BCUT2D eigenvalue weighted by molar-refractivity contribution is 6.31. The number of tetrazole rings is 1. The van der Waals surface area contributed by atoms with Gasteiger partial charge in [0.25, 0.3) is 5.56 Å². The van der Waals surface area contributed by atoms with E-state index in [1.165, 1.54) is 36.4 Å². The van der Waals surface area contributed by atoms with Crippen molar-refractivity contribution in [3.8, 4) is 33.8 Å². The summed E-state index contributed by atoms with van der Waals surface area (Å²) in [7, 11) is 1.53. The fourth-order valence-corrected chi connectivity index (χ4v) is 4.83. The molecule has 0 amide bonds. The fraction of sp³-hybridized carbons (Fsp3) is 0.231. The molecular formula is C26H23ClFN9O2. The van der Waals surface area contributed by atoms with Gasteiger partial charge in [0.15, 0.2) is 0 Å². The molecule has 3 N–H and O–H groups in total. The number of hydrogen-bond acceptors (Lipinski definition) is 8. The SMILES string of the molecule is COc1cn([C@H](CC2CC2)c2ncc(-c3ccc(N)nc3F)[nH]2)c(=O)cc1-c1cc(Cl)ccc1-n1cnnn1. The van der Waals surface area contributed by atoms with Crippen LogP contribution in [-0.4, -0.2) is 46.8 Å². The van der Waals surface area contributed by atoms with Crippen molar-refractivity contribution in [1.29, 1.82) is 0 Å². The van der Waals surface area contributed by atoms with Crippen molar-refractivity contribution >= 4 is 17.4 Å². The molecule has 0 saturated heterocycles. The van der Waals surface area contributed by atoms with E-state index >= 15 is 0 Å². The van der Waals surface area contributed by atoms with Crippen molar-refractivity contribution in [3.63, 3.8) is 0 Å². The summed E-state index contributed by atoms with van der Waals surface area (Å²) in [5.74, 6) is 0.821. The Kier molecular flexibility index (Phi) is 6.31. The van der Waals surface area contributed by atoms with Gasteiger partial charge in [-0.1, -0.05) is 24.4 Å². The lowest BCUT2D eigenvalue weighted by Gasteiger charge is -2.21. The van der Waals surface area contributed by atoms with Gasteiger partial charge in [0, 0.05) is 22.2 Å². The van der Waals surface area contributed by atoms with Crippen molar-refractivity contribution in [1.82, 2.24) is 39.7 Å². The topological polar surface area (TPSA) is 142 Å². The molecule has 0 bridgehead atoms. The minimum absolute atomic E-state index is 0.0873. The molecule has 1 aromatic carbocycles. The molecule has 1 aliphatic carbocycles. The molecule has 198 valence electrons. The summed E-state index contributed by atoms with van der Waals surface area (Å²) in [6.07, 6.45) is 7.49. The van der Waals surface area contributed by atoms with Gasteiger partial charge in [0.2, 0.25) is 5.95 Å². The number of benzene rings is 1. The number of nitrogens with zero attached hydrogens (tertiary/aromatic N) is 7. The van der Waals surface area contributed by atoms with Gasteiger partial charge in [-0.25, -0.2) is 9.97 Å². The second kappa shape index (κ2) is 9.95. The number of aromatic amines is 1. The fourth-order valence-electron chi connectivity index (χ4n) is 4.66. The first-order valence-corrected chi connectivity index (χ1v) is 12.6. The number of nitrogens with two attached hydrogens (primary N) is 1. The first kappa shape index (κ1) is 24.7. The summed E-state index contributed by atoms with van der Waals surface area (Å²) in [4.78, 5) is 25.1. The highest BCUT2D eigenvalue weighted by Crippen LogP contribution is 2.40. The zero-order valence-electron chi connectivity index (χ0n) is 20.8. The number of imidazole rings is 1. The van der Waals surface area contributed by atoms with E-state index in [1.807, 2.05) is 0 Å². The number of nitrogen functional groups attached to an aromatic ring is 1. The number of aromatic nitrogens is 8. The van der Waals surface area contributed by atoms with Gasteiger partial charge in [-0.15, -0.1) is 5.10 Å². The summed E-state index contributed by atoms with van der Waals surface area (Å²) in [5, 5.41) is 11.9. The van der Waals surface area contributed by atoms with Crippen LogP contribution < -0.4 is 16.0 Å². The predicted octanol–water partition coefficient (Wildman–Crippen LogP) is 4.05. The summed E-state index contributed by atoms with van der Waals surface area (Å²) in [5.41, 5.74) is 7.80. The Labute approximate surface area is 226 Å². The smallest absolute Gasteiger partial charge is 0.252 e. The molecule has 4 aromatic heterocycles. The van der Waals surface area contributed by atoms with Crippen LogP contribution in [0.3, 0.4) is 0 Å². The molecule has 1 fully saturated rings.